The van der Waals surface area contributed by atoms with Crippen molar-refractivity contribution < 1.29 is 80.2 Å². The fourth-order valence-corrected chi connectivity index (χ4v) is 10.4. The summed E-state index contributed by atoms with van der Waals surface area (Å²) in [5, 5.41) is 10.5. The van der Waals surface area contributed by atoms with Crippen molar-refractivity contribution in [3.05, 3.63) is 0 Å². The maximum atomic E-state index is 12.9. The second-order valence-corrected chi connectivity index (χ2v) is 25.4. The Balaban J connectivity index is 5.24. The molecule has 0 aromatic carbocycles. The van der Waals surface area contributed by atoms with Crippen molar-refractivity contribution in [3.8, 4) is 0 Å². The zero-order valence-electron chi connectivity index (χ0n) is 50.7. The Morgan fingerprint density at radius 1 is 0.367 bits per heavy atom. The van der Waals surface area contributed by atoms with E-state index in [1.807, 2.05) is 0 Å². The van der Waals surface area contributed by atoms with Gasteiger partial charge in [0, 0.05) is 25.7 Å². The smallest absolute Gasteiger partial charge is 0.462 e. The van der Waals surface area contributed by atoms with Gasteiger partial charge in [0.05, 0.1) is 26.4 Å². The van der Waals surface area contributed by atoms with Gasteiger partial charge in [-0.2, -0.15) is 0 Å². The normalized spacial score (nSPS) is 14.8. The van der Waals surface area contributed by atoms with Gasteiger partial charge in [-0.05, 0) is 37.5 Å². The van der Waals surface area contributed by atoms with Gasteiger partial charge < -0.3 is 33.8 Å². The molecule has 0 bridgehead atoms. The molecule has 0 spiro atoms. The van der Waals surface area contributed by atoms with E-state index in [4.69, 9.17) is 37.0 Å². The topological polar surface area (TPSA) is 237 Å². The number of phosphoric acid groups is 2. The Hall–Kier alpha value is -1.94. The van der Waals surface area contributed by atoms with Gasteiger partial charge in [-0.3, -0.25) is 37.3 Å². The summed E-state index contributed by atoms with van der Waals surface area (Å²) in [6.07, 6.45) is 33.6. The fraction of sp³-hybridized carbons (Fsp3) is 0.933. The molecular weight excluding hydrogens is 1050 g/mol. The lowest BCUT2D eigenvalue weighted by molar-refractivity contribution is -0.161. The van der Waals surface area contributed by atoms with Gasteiger partial charge in [-0.25, -0.2) is 9.13 Å². The monoisotopic (exact) mass is 1170 g/mol. The number of carbonyl (C=O) groups is 4. The molecule has 468 valence electrons. The third kappa shape index (κ3) is 53.8. The number of phosphoric ester groups is 2. The summed E-state index contributed by atoms with van der Waals surface area (Å²) in [5.41, 5.74) is 0. The van der Waals surface area contributed by atoms with Crippen LogP contribution >= 0.6 is 15.6 Å². The van der Waals surface area contributed by atoms with Crippen molar-refractivity contribution >= 4 is 39.5 Å². The number of rotatable bonds is 59. The highest BCUT2D eigenvalue weighted by Crippen LogP contribution is 2.45. The van der Waals surface area contributed by atoms with Gasteiger partial charge in [0.15, 0.2) is 12.2 Å². The van der Waals surface area contributed by atoms with Crippen LogP contribution < -0.4 is 0 Å². The maximum absolute atomic E-state index is 12.9. The molecule has 3 N–H and O–H groups in total. The summed E-state index contributed by atoms with van der Waals surface area (Å²) >= 11 is 0. The van der Waals surface area contributed by atoms with Crippen molar-refractivity contribution in [2.24, 2.45) is 11.8 Å². The molecule has 6 atom stereocenters. The minimum atomic E-state index is -4.94. The molecule has 0 aliphatic heterocycles. The predicted molar refractivity (Wildman–Crippen MR) is 312 cm³/mol. The van der Waals surface area contributed by atoms with E-state index in [1.165, 1.54) is 103 Å². The molecule has 0 fully saturated rings. The lowest BCUT2D eigenvalue weighted by atomic mass is 10.00. The first-order chi connectivity index (χ1) is 37.9. The van der Waals surface area contributed by atoms with Crippen LogP contribution in [0, 0.1) is 11.8 Å². The summed E-state index contributed by atoms with van der Waals surface area (Å²) in [5.74, 6) is -0.744. The van der Waals surface area contributed by atoms with E-state index >= 15 is 0 Å². The van der Waals surface area contributed by atoms with Crippen molar-refractivity contribution in [1.29, 1.82) is 0 Å². The number of carbonyl (C=O) groups excluding carboxylic acids is 4. The van der Waals surface area contributed by atoms with E-state index < -0.39 is 97.5 Å². The number of aliphatic hydroxyl groups excluding tert-OH is 1. The Labute approximate surface area is 479 Å². The van der Waals surface area contributed by atoms with Crippen LogP contribution in [0.2, 0.25) is 0 Å². The second kappa shape index (κ2) is 52.8. The van der Waals surface area contributed by atoms with Crippen LogP contribution in [0.1, 0.15) is 292 Å². The first kappa shape index (κ1) is 77.1. The van der Waals surface area contributed by atoms with E-state index in [1.54, 1.807) is 0 Å². The average Bonchev–Trinajstić information content (AvgIpc) is 3.41. The van der Waals surface area contributed by atoms with Crippen molar-refractivity contribution in [1.82, 2.24) is 0 Å². The van der Waals surface area contributed by atoms with Gasteiger partial charge in [0.2, 0.25) is 0 Å². The summed E-state index contributed by atoms with van der Waals surface area (Å²) in [6, 6.07) is 0. The first-order valence-electron chi connectivity index (χ1n) is 31.5. The molecule has 0 aromatic heterocycles. The van der Waals surface area contributed by atoms with Gasteiger partial charge in [-0.1, -0.05) is 241 Å². The summed E-state index contributed by atoms with van der Waals surface area (Å²) in [7, 11) is -9.88. The third-order valence-electron chi connectivity index (χ3n) is 14.1. The van der Waals surface area contributed by atoms with E-state index in [0.29, 0.717) is 31.6 Å². The zero-order valence-corrected chi connectivity index (χ0v) is 52.4. The van der Waals surface area contributed by atoms with Crippen LogP contribution in [0.4, 0.5) is 0 Å². The van der Waals surface area contributed by atoms with Gasteiger partial charge >= 0.3 is 39.5 Å². The standard InChI is InChI=1S/C60H116O17P2/c1-7-10-12-14-16-18-19-21-23-32-38-44-59(64)76-55(49-71-58(63)43-37-31-27-25-29-35-41-53(6)9-3)50-74-78(66,67)72-46-54(61)47-73-79(68,69)75-51-56(77-60(65)45-39-33-26-24-28-34-40-52(4)5)48-70-57(62)42-36-30-22-20-17-15-13-11-8-2/h52-56,61H,7-51H2,1-6H3,(H,66,67)(H,68,69)/t53?,54-,55-,56-/m1/s1. The van der Waals surface area contributed by atoms with E-state index in [0.717, 1.165) is 102 Å². The lowest BCUT2D eigenvalue weighted by Gasteiger charge is -2.21. The number of aliphatic hydroxyl groups is 1. The molecule has 19 heteroatoms. The third-order valence-corrected chi connectivity index (χ3v) is 16.0. The molecule has 0 saturated carbocycles. The first-order valence-corrected chi connectivity index (χ1v) is 34.5. The van der Waals surface area contributed by atoms with Crippen LogP contribution in [0.5, 0.6) is 0 Å². The molecule has 0 heterocycles. The molecule has 0 radical (unpaired) electrons. The Bertz CT molecular complexity index is 1570. The summed E-state index contributed by atoms with van der Waals surface area (Å²) in [4.78, 5) is 71.9. The molecule has 17 nitrogen and oxygen atoms in total. The Kier molecular flexibility index (Phi) is 51.5. The van der Waals surface area contributed by atoms with Crippen molar-refractivity contribution in [2.75, 3.05) is 39.6 Å². The Morgan fingerprint density at radius 3 is 0.962 bits per heavy atom. The largest absolute Gasteiger partial charge is 0.472 e. The number of hydrogen-bond donors (Lipinski definition) is 3. The molecule has 79 heavy (non-hydrogen) atoms. The average molecular weight is 1170 g/mol. The van der Waals surface area contributed by atoms with Crippen LogP contribution in [0.25, 0.3) is 0 Å². The molecular formula is C60H116O17P2. The number of esters is 4. The fourth-order valence-electron chi connectivity index (χ4n) is 8.79. The number of ether oxygens (including phenoxy) is 4. The molecule has 0 saturated heterocycles. The van der Waals surface area contributed by atoms with E-state index in [-0.39, 0.29) is 25.7 Å². The second-order valence-electron chi connectivity index (χ2n) is 22.5. The minimum absolute atomic E-state index is 0.102. The van der Waals surface area contributed by atoms with Crippen LogP contribution in [-0.4, -0.2) is 96.7 Å². The van der Waals surface area contributed by atoms with Gasteiger partial charge in [0.1, 0.15) is 19.3 Å². The van der Waals surface area contributed by atoms with Crippen molar-refractivity contribution in [3.63, 3.8) is 0 Å². The van der Waals surface area contributed by atoms with Crippen LogP contribution in [0.15, 0.2) is 0 Å². The number of unbranched alkanes of at least 4 members (excludes halogenated alkanes) is 28. The summed E-state index contributed by atoms with van der Waals surface area (Å²) in [6.45, 7) is 9.31. The van der Waals surface area contributed by atoms with E-state index in [9.17, 15) is 43.2 Å². The Morgan fingerprint density at radius 2 is 0.646 bits per heavy atom. The molecule has 3 unspecified atom stereocenters. The maximum Gasteiger partial charge on any atom is 0.472 e. The highest BCUT2D eigenvalue weighted by molar-refractivity contribution is 7.47. The molecule has 0 rings (SSSR count). The van der Waals surface area contributed by atoms with Crippen molar-refractivity contribution in [2.45, 2.75) is 310 Å². The molecule has 0 aliphatic rings. The minimum Gasteiger partial charge on any atom is -0.462 e. The highest BCUT2D eigenvalue weighted by Gasteiger charge is 2.30. The zero-order chi connectivity index (χ0) is 58.7. The molecule has 0 aliphatic carbocycles. The number of hydrogen-bond acceptors (Lipinski definition) is 15. The summed E-state index contributed by atoms with van der Waals surface area (Å²) < 4.78 is 67.7. The van der Waals surface area contributed by atoms with Gasteiger partial charge in [-0.15, -0.1) is 0 Å². The predicted octanol–water partition coefficient (Wildman–Crippen LogP) is 16.1. The molecule has 0 amide bonds. The lowest BCUT2D eigenvalue weighted by Crippen LogP contribution is -2.30. The van der Waals surface area contributed by atoms with Gasteiger partial charge in [0.25, 0.3) is 0 Å². The quantitative estimate of drug-likeness (QED) is 0.0222. The van der Waals surface area contributed by atoms with Crippen LogP contribution in [0.3, 0.4) is 0 Å². The molecule has 0 aromatic rings. The van der Waals surface area contributed by atoms with E-state index in [2.05, 4.69) is 41.5 Å². The highest BCUT2D eigenvalue weighted by atomic mass is 31.2. The SMILES string of the molecule is CCCCCCCCCCCCCC(=O)O[C@H](COC(=O)CCCCCCCCC(C)CC)COP(=O)(O)OC[C@@H](O)COP(=O)(O)OC[C@@H](COC(=O)CCCCCCCCCCC)OC(=O)CCCCCCCCC(C)C. The van der Waals surface area contributed by atoms with Crippen LogP contribution in [-0.2, 0) is 65.4 Å².